The molecule has 1 saturated carbocycles. The maximum Gasteiger partial charge on any atom is 0.144 e. The van der Waals surface area contributed by atoms with Gasteiger partial charge < -0.3 is 4.74 Å². The third kappa shape index (κ3) is 1.99. The molecule has 0 aromatic heterocycles. The molecular weight excluding hydrogens is 234 g/mol. The van der Waals surface area contributed by atoms with Crippen LogP contribution >= 0.6 is 0 Å². The molecule has 4 rings (SSSR count). The quantitative estimate of drug-likeness (QED) is 0.734. The van der Waals surface area contributed by atoms with Gasteiger partial charge in [-0.2, -0.15) is 0 Å². The summed E-state index contributed by atoms with van der Waals surface area (Å²) in [7, 11) is 1.69. The number of benzene rings is 1. The SMILES string of the molecule is COc1ccccc1N=CC1=CC[C@H]2C[C@@H]1C2(C)C. The first-order chi connectivity index (χ1) is 9.13. The number of aliphatic imine (C=N–C) groups is 1. The molecule has 3 aliphatic carbocycles. The van der Waals surface area contributed by atoms with E-state index in [1.807, 2.05) is 30.5 Å². The third-order valence-corrected chi connectivity index (χ3v) is 4.95. The second kappa shape index (κ2) is 4.52. The molecule has 2 heteroatoms. The highest BCUT2D eigenvalue weighted by atomic mass is 16.5. The molecule has 3 aliphatic rings. The van der Waals surface area contributed by atoms with Gasteiger partial charge in [-0.25, -0.2) is 0 Å². The zero-order chi connectivity index (χ0) is 13.5. The molecule has 0 spiro atoms. The largest absolute Gasteiger partial charge is 0.494 e. The zero-order valence-corrected chi connectivity index (χ0v) is 11.9. The summed E-state index contributed by atoms with van der Waals surface area (Å²) in [5.41, 5.74) is 2.76. The minimum absolute atomic E-state index is 0.455. The van der Waals surface area contributed by atoms with Gasteiger partial charge in [-0.15, -0.1) is 0 Å². The van der Waals surface area contributed by atoms with Crippen LogP contribution in [0.3, 0.4) is 0 Å². The van der Waals surface area contributed by atoms with E-state index >= 15 is 0 Å². The number of ether oxygens (including phenoxy) is 1. The molecule has 100 valence electrons. The van der Waals surface area contributed by atoms with Crippen molar-refractivity contribution in [3.63, 3.8) is 0 Å². The number of fused-ring (bicyclic) bond motifs is 1. The summed E-state index contributed by atoms with van der Waals surface area (Å²) in [5.74, 6) is 2.39. The van der Waals surface area contributed by atoms with E-state index in [0.717, 1.165) is 17.4 Å². The second-order valence-corrected chi connectivity index (χ2v) is 6.18. The molecule has 1 aromatic rings. The molecule has 0 radical (unpaired) electrons. The van der Waals surface area contributed by atoms with E-state index in [1.54, 1.807) is 7.11 Å². The summed E-state index contributed by atoms with van der Waals surface area (Å²) in [6.07, 6.45) is 6.94. The van der Waals surface area contributed by atoms with Gasteiger partial charge in [0, 0.05) is 6.21 Å². The topological polar surface area (TPSA) is 21.6 Å². The highest BCUT2D eigenvalue weighted by Crippen LogP contribution is 2.58. The summed E-state index contributed by atoms with van der Waals surface area (Å²) < 4.78 is 5.33. The number of allylic oxidation sites excluding steroid dienone is 2. The Morgan fingerprint density at radius 1 is 1.32 bits per heavy atom. The van der Waals surface area contributed by atoms with E-state index in [9.17, 15) is 0 Å². The normalized spacial score (nSPS) is 27.8. The highest BCUT2D eigenvalue weighted by Gasteiger charge is 2.50. The standard InChI is InChI=1S/C17H21NO/c1-17(2)13-9-8-12(14(17)10-13)11-18-15-6-4-5-7-16(15)19-3/h4-8,11,13-14H,9-10H2,1-3H3/t13-,14-/m0/s1. The summed E-state index contributed by atoms with van der Waals surface area (Å²) in [6, 6.07) is 7.91. The van der Waals surface area contributed by atoms with Crippen molar-refractivity contribution in [2.45, 2.75) is 26.7 Å². The highest BCUT2D eigenvalue weighted by molar-refractivity contribution is 5.83. The van der Waals surface area contributed by atoms with Gasteiger partial charge in [-0.3, -0.25) is 4.99 Å². The average Bonchev–Trinajstić information content (AvgIpc) is 2.45. The smallest absolute Gasteiger partial charge is 0.144 e. The van der Waals surface area contributed by atoms with Gasteiger partial charge in [0.15, 0.2) is 0 Å². The lowest BCUT2D eigenvalue weighted by atomic mass is 9.49. The van der Waals surface area contributed by atoms with Crippen molar-refractivity contribution in [3.05, 3.63) is 35.9 Å². The number of nitrogens with zero attached hydrogens (tertiary/aromatic N) is 1. The predicted octanol–water partition coefficient (Wildman–Crippen LogP) is 4.39. The van der Waals surface area contributed by atoms with Crippen LogP contribution in [0, 0.1) is 17.3 Å². The van der Waals surface area contributed by atoms with E-state index in [1.165, 1.54) is 18.4 Å². The van der Waals surface area contributed by atoms with Crippen LogP contribution in [0.1, 0.15) is 26.7 Å². The number of hydrogen-bond donors (Lipinski definition) is 0. The Balaban J connectivity index is 1.82. The molecule has 2 atom stereocenters. The van der Waals surface area contributed by atoms with E-state index in [0.29, 0.717) is 11.3 Å². The lowest BCUT2D eigenvalue weighted by Gasteiger charge is -2.55. The fourth-order valence-corrected chi connectivity index (χ4v) is 3.43. The van der Waals surface area contributed by atoms with Crippen LogP contribution in [0.4, 0.5) is 5.69 Å². The van der Waals surface area contributed by atoms with Crippen molar-refractivity contribution in [2.75, 3.05) is 7.11 Å². The Kier molecular flexibility index (Phi) is 2.96. The van der Waals surface area contributed by atoms with Crippen LogP contribution in [0.5, 0.6) is 5.75 Å². The van der Waals surface area contributed by atoms with Gasteiger partial charge in [0.2, 0.25) is 0 Å². The van der Waals surface area contributed by atoms with Gasteiger partial charge in [0.25, 0.3) is 0 Å². The Hall–Kier alpha value is -1.57. The Morgan fingerprint density at radius 3 is 2.79 bits per heavy atom. The lowest BCUT2D eigenvalue weighted by Crippen LogP contribution is -2.48. The fourth-order valence-electron chi connectivity index (χ4n) is 3.43. The van der Waals surface area contributed by atoms with E-state index < -0.39 is 0 Å². The Bertz CT molecular complexity index is 542. The van der Waals surface area contributed by atoms with Crippen molar-refractivity contribution in [3.8, 4) is 5.75 Å². The molecule has 2 nitrogen and oxygen atoms in total. The fraction of sp³-hybridized carbons (Fsp3) is 0.471. The first kappa shape index (κ1) is 12.5. The molecule has 0 unspecified atom stereocenters. The minimum atomic E-state index is 0.455. The van der Waals surface area contributed by atoms with Crippen molar-refractivity contribution in [2.24, 2.45) is 22.2 Å². The number of methoxy groups -OCH3 is 1. The molecule has 0 saturated heterocycles. The molecule has 0 aliphatic heterocycles. The predicted molar refractivity (Wildman–Crippen MR) is 79.2 cm³/mol. The van der Waals surface area contributed by atoms with Crippen molar-refractivity contribution < 1.29 is 4.74 Å². The monoisotopic (exact) mass is 255 g/mol. The van der Waals surface area contributed by atoms with Gasteiger partial charge in [-0.1, -0.05) is 32.1 Å². The van der Waals surface area contributed by atoms with E-state index in [-0.39, 0.29) is 0 Å². The molecule has 1 aromatic carbocycles. The summed E-state index contributed by atoms with van der Waals surface area (Å²) in [6.45, 7) is 4.77. The third-order valence-electron chi connectivity index (χ3n) is 4.95. The molecule has 0 heterocycles. The van der Waals surface area contributed by atoms with Crippen LogP contribution in [0.25, 0.3) is 0 Å². The molecule has 1 fully saturated rings. The Labute approximate surface area is 115 Å². The number of hydrogen-bond acceptors (Lipinski definition) is 2. The van der Waals surface area contributed by atoms with Gasteiger partial charge in [0.1, 0.15) is 11.4 Å². The second-order valence-electron chi connectivity index (χ2n) is 6.18. The maximum absolute atomic E-state index is 5.33. The molecule has 19 heavy (non-hydrogen) atoms. The van der Waals surface area contributed by atoms with Crippen molar-refractivity contribution in [1.82, 2.24) is 0 Å². The number of para-hydroxylation sites is 2. The van der Waals surface area contributed by atoms with Crippen LogP contribution in [0.2, 0.25) is 0 Å². The lowest BCUT2D eigenvalue weighted by molar-refractivity contribution is -0.00123. The molecule has 0 N–H and O–H groups in total. The summed E-state index contributed by atoms with van der Waals surface area (Å²) in [5, 5.41) is 0. The van der Waals surface area contributed by atoms with Crippen LogP contribution in [-0.4, -0.2) is 13.3 Å². The van der Waals surface area contributed by atoms with E-state index in [4.69, 9.17) is 4.74 Å². The van der Waals surface area contributed by atoms with Crippen molar-refractivity contribution in [1.29, 1.82) is 0 Å². The maximum atomic E-state index is 5.33. The first-order valence-corrected chi connectivity index (χ1v) is 7.00. The molecular formula is C17H21NO. The molecule has 2 bridgehead atoms. The van der Waals surface area contributed by atoms with Crippen LogP contribution in [0.15, 0.2) is 40.9 Å². The number of rotatable bonds is 3. The van der Waals surface area contributed by atoms with Crippen molar-refractivity contribution >= 4 is 11.9 Å². The Morgan fingerprint density at radius 2 is 2.11 bits per heavy atom. The zero-order valence-electron chi connectivity index (χ0n) is 11.9. The van der Waals surface area contributed by atoms with Gasteiger partial charge in [-0.05, 0) is 47.8 Å². The van der Waals surface area contributed by atoms with Gasteiger partial charge in [0.05, 0.1) is 7.11 Å². The summed E-state index contributed by atoms with van der Waals surface area (Å²) in [4.78, 5) is 4.62. The van der Waals surface area contributed by atoms with E-state index in [2.05, 4.69) is 24.9 Å². The van der Waals surface area contributed by atoms with Crippen LogP contribution < -0.4 is 4.74 Å². The van der Waals surface area contributed by atoms with Crippen LogP contribution in [-0.2, 0) is 0 Å². The molecule has 0 amide bonds. The van der Waals surface area contributed by atoms with Gasteiger partial charge >= 0.3 is 0 Å². The first-order valence-electron chi connectivity index (χ1n) is 7.00. The summed E-state index contributed by atoms with van der Waals surface area (Å²) >= 11 is 0. The minimum Gasteiger partial charge on any atom is -0.494 e. The average molecular weight is 255 g/mol.